The van der Waals surface area contributed by atoms with Gasteiger partial charge in [-0.2, -0.15) is 0 Å². The fourth-order valence-corrected chi connectivity index (χ4v) is 3.34. The van der Waals surface area contributed by atoms with E-state index in [0.29, 0.717) is 12.3 Å². The minimum absolute atomic E-state index is 0.0264. The van der Waals surface area contributed by atoms with Gasteiger partial charge in [0.15, 0.2) is 0 Å². The number of halogens is 1. The summed E-state index contributed by atoms with van der Waals surface area (Å²) in [6.45, 7) is 4.25. The van der Waals surface area contributed by atoms with Gasteiger partial charge < -0.3 is 4.74 Å². The van der Waals surface area contributed by atoms with Gasteiger partial charge in [0.1, 0.15) is 0 Å². The Bertz CT molecular complexity index is 281. The van der Waals surface area contributed by atoms with Crippen molar-refractivity contribution in [3.8, 4) is 0 Å². The fourth-order valence-electron chi connectivity index (χ4n) is 3.16. The highest BCUT2D eigenvalue weighted by molar-refractivity contribution is 6.17. The molecule has 0 aromatic rings. The molecule has 1 atom stereocenters. The van der Waals surface area contributed by atoms with Crippen LogP contribution in [0.5, 0.6) is 0 Å². The van der Waals surface area contributed by atoms with E-state index in [4.69, 9.17) is 16.3 Å². The minimum atomic E-state index is -0.0264. The van der Waals surface area contributed by atoms with Gasteiger partial charge in [0, 0.05) is 12.3 Å². The Morgan fingerprint density at radius 2 is 1.24 bits per heavy atom. The van der Waals surface area contributed by atoms with Gasteiger partial charge in [-0.1, -0.05) is 84.0 Å². The van der Waals surface area contributed by atoms with E-state index in [2.05, 4.69) is 6.92 Å². The number of alkyl halides is 1. The van der Waals surface area contributed by atoms with Crippen LogP contribution in [0.1, 0.15) is 123 Å². The molecule has 0 fully saturated rings. The molecule has 0 saturated heterocycles. The molecule has 0 radical (unpaired) electrons. The molecule has 2 nitrogen and oxygen atoms in total. The van der Waals surface area contributed by atoms with E-state index < -0.39 is 0 Å². The second-order valence-electron chi connectivity index (χ2n) is 7.48. The van der Waals surface area contributed by atoms with Crippen LogP contribution in [0, 0.1) is 0 Å². The molecule has 0 bridgehead atoms. The Morgan fingerprint density at radius 3 is 1.72 bits per heavy atom. The summed E-state index contributed by atoms with van der Waals surface area (Å²) < 4.78 is 5.42. The van der Waals surface area contributed by atoms with Crippen LogP contribution >= 0.6 is 11.6 Å². The third kappa shape index (κ3) is 19.9. The summed E-state index contributed by atoms with van der Waals surface area (Å²) in [4.78, 5) is 11.7. The summed E-state index contributed by atoms with van der Waals surface area (Å²) in [6, 6.07) is 0. The second kappa shape index (κ2) is 20.1. The van der Waals surface area contributed by atoms with Crippen molar-refractivity contribution in [1.82, 2.24) is 0 Å². The third-order valence-electron chi connectivity index (χ3n) is 4.81. The largest absolute Gasteiger partial charge is 0.463 e. The van der Waals surface area contributed by atoms with E-state index >= 15 is 0 Å². The van der Waals surface area contributed by atoms with E-state index in [9.17, 15) is 4.79 Å². The minimum Gasteiger partial charge on any atom is -0.463 e. The predicted molar refractivity (Wildman–Crippen MR) is 110 cm³/mol. The van der Waals surface area contributed by atoms with Crippen LogP contribution in [0.25, 0.3) is 0 Å². The molecule has 0 aliphatic heterocycles. The van der Waals surface area contributed by atoms with Gasteiger partial charge in [-0.25, -0.2) is 0 Å². The zero-order chi connectivity index (χ0) is 18.6. The zero-order valence-corrected chi connectivity index (χ0v) is 17.8. The van der Waals surface area contributed by atoms with Crippen molar-refractivity contribution in [1.29, 1.82) is 0 Å². The normalized spacial score (nSPS) is 12.3. The quantitative estimate of drug-likeness (QED) is 0.131. The summed E-state index contributed by atoms with van der Waals surface area (Å²) in [5.74, 6) is 0.668. The van der Waals surface area contributed by atoms with Gasteiger partial charge in [-0.15, -0.1) is 11.6 Å². The lowest BCUT2D eigenvalue weighted by molar-refractivity contribution is -0.148. The van der Waals surface area contributed by atoms with Crippen LogP contribution in [-0.2, 0) is 9.53 Å². The predicted octanol–water partition coefficient (Wildman–Crippen LogP) is 7.81. The molecule has 0 aromatic carbocycles. The summed E-state index contributed by atoms with van der Waals surface area (Å²) in [7, 11) is 0. The van der Waals surface area contributed by atoms with Crippen molar-refractivity contribution in [3.05, 3.63) is 0 Å². The molecule has 0 N–H and O–H groups in total. The lowest BCUT2D eigenvalue weighted by Crippen LogP contribution is -2.14. The first-order valence-electron chi connectivity index (χ1n) is 11.0. The maximum Gasteiger partial charge on any atom is 0.306 e. The summed E-state index contributed by atoms with van der Waals surface area (Å²) in [6.07, 6.45) is 20.9. The fraction of sp³-hybridized carbons (Fsp3) is 0.955. The highest BCUT2D eigenvalue weighted by Gasteiger charge is 2.08. The van der Waals surface area contributed by atoms with Gasteiger partial charge in [0.25, 0.3) is 0 Å². The van der Waals surface area contributed by atoms with Gasteiger partial charge in [-0.3, -0.25) is 4.79 Å². The molecule has 150 valence electrons. The Labute approximate surface area is 162 Å². The van der Waals surface area contributed by atoms with Crippen molar-refractivity contribution in [2.45, 2.75) is 129 Å². The average molecular weight is 375 g/mol. The number of carbonyl (C=O) groups excluding carboxylic acids is 1. The van der Waals surface area contributed by atoms with E-state index in [0.717, 1.165) is 32.1 Å². The first kappa shape index (κ1) is 24.8. The van der Waals surface area contributed by atoms with Crippen molar-refractivity contribution in [2.24, 2.45) is 0 Å². The molecule has 0 aliphatic rings. The summed E-state index contributed by atoms with van der Waals surface area (Å²) in [5, 5.41) is 0. The molecule has 0 heterocycles. The number of unbranched alkanes of at least 4 members (excludes halogenated alkanes) is 13. The van der Waals surface area contributed by atoms with Gasteiger partial charge >= 0.3 is 5.97 Å². The lowest BCUT2D eigenvalue weighted by atomic mass is 10.0. The van der Waals surface area contributed by atoms with Gasteiger partial charge in [0.2, 0.25) is 0 Å². The van der Waals surface area contributed by atoms with Crippen molar-refractivity contribution in [3.63, 3.8) is 0 Å². The first-order chi connectivity index (χ1) is 12.2. The van der Waals surface area contributed by atoms with Crippen molar-refractivity contribution in [2.75, 3.05) is 5.88 Å². The number of esters is 1. The van der Waals surface area contributed by atoms with Gasteiger partial charge in [-0.05, 0) is 32.6 Å². The Kier molecular flexibility index (Phi) is 19.9. The standard InChI is InChI=1S/C22H43ClO2/c1-3-4-5-6-7-8-9-10-11-12-13-14-15-19-22(24)25-21(2)18-16-17-20-23/h21H,3-20H2,1-2H3. The number of rotatable bonds is 19. The highest BCUT2D eigenvalue weighted by atomic mass is 35.5. The van der Waals surface area contributed by atoms with E-state index in [1.807, 2.05) is 6.92 Å². The Balaban J connectivity index is 3.23. The number of hydrogen-bond donors (Lipinski definition) is 0. The number of ether oxygens (including phenoxy) is 1. The van der Waals surface area contributed by atoms with Crippen molar-refractivity contribution < 1.29 is 9.53 Å². The Morgan fingerprint density at radius 1 is 0.760 bits per heavy atom. The van der Waals surface area contributed by atoms with Crippen LogP contribution < -0.4 is 0 Å². The average Bonchev–Trinajstić information content (AvgIpc) is 2.59. The molecule has 25 heavy (non-hydrogen) atoms. The topological polar surface area (TPSA) is 26.3 Å². The Hall–Kier alpha value is -0.240. The SMILES string of the molecule is CCCCCCCCCCCCCCCC(=O)OC(C)CCCCCl. The highest BCUT2D eigenvalue weighted by Crippen LogP contribution is 2.13. The maximum absolute atomic E-state index is 11.7. The summed E-state index contributed by atoms with van der Waals surface area (Å²) >= 11 is 5.65. The molecule has 0 rings (SSSR count). The van der Waals surface area contributed by atoms with E-state index in [1.165, 1.54) is 70.6 Å². The van der Waals surface area contributed by atoms with Crippen LogP contribution in [-0.4, -0.2) is 18.0 Å². The van der Waals surface area contributed by atoms with Crippen LogP contribution in [0.2, 0.25) is 0 Å². The third-order valence-corrected chi connectivity index (χ3v) is 5.08. The van der Waals surface area contributed by atoms with Gasteiger partial charge in [0.05, 0.1) is 6.10 Å². The first-order valence-corrected chi connectivity index (χ1v) is 11.5. The number of hydrogen-bond acceptors (Lipinski definition) is 2. The zero-order valence-electron chi connectivity index (χ0n) is 17.0. The monoisotopic (exact) mass is 374 g/mol. The molecule has 3 heteroatoms. The molecule has 0 saturated carbocycles. The van der Waals surface area contributed by atoms with Crippen LogP contribution in [0.4, 0.5) is 0 Å². The lowest BCUT2D eigenvalue weighted by Gasteiger charge is -2.12. The molecular weight excluding hydrogens is 332 g/mol. The van der Waals surface area contributed by atoms with E-state index in [1.54, 1.807) is 0 Å². The molecule has 0 amide bonds. The van der Waals surface area contributed by atoms with E-state index in [-0.39, 0.29) is 12.1 Å². The van der Waals surface area contributed by atoms with Crippen molar-refractivity contribution >= 4 is 17.6 Å². The molecule has 1 unspecified atom stereocenters. The van der Waals surface area contributed by atoms with Crippen LogP contribution in [0.15, 0.2) is 0 Å². The molecule has 0 aromatic heterocycles. The molecule has 0 aliphatic carbocycles. The molecular formula is C22H43ClO2. The van der Waals surface area contributed by atoms with Crippen LogP contribution in [0.3, 0.4) is 0 Å². The number of carbonyl (C=O) groups is 1. The smallest absolute Gasteiger partial charge is 0.306 e. The molecule has 0 spiro atoms. The second-order valence-corrected chi connectivity index (χ2v) is 7.86. The maximum atomic E-state index is 11.7. The summed E-state index contributed by atoms with van der Waals surface area (Å²) in [5.41, 5.74) is 0.